The number of ether oxygens (including phenoxy) is 1. The van der Waals surface area contributed by atoms with E-state index in [-0.39, 0.29) is 29.7 Å². The fraction of sp³-hybridized carbons (Fsp3) is 0.517. The summed E-state index contributed by atoms with van der Waals surface area (Å²) < 4.78 is 46.5. The van der Waals surface area contributed by atoms with Crippen LogP contribution in [0.5, 0.6) is 5.75 Å². The van der Waals surface area contributed by atoms with E-state index in [0.717, 1.165) is 49.6 Å². The number of hydroxylamine groups is 2. The molecule has 0 radical (unpaired) electrons. The maximum Gasteiger partial charge on any atom is 0.416 e. The Balaban J connectivity index is 1.33. The Labute approximate surface area is 216 Å². The predicted molar refractivity (Wildman–Crippen MR) is 134 cm³/mol. The highest BCUT2D eigenvalue weighted by Gasteiger charge is 2.49. The van der Waals surface area contributed by atoms with E-state index in [1.165, 1.54) is 30.9 Å². The minimum atomic E-state index is -4.43. The normalized spacial score (nSPS) is 28.6. The van der Waals surface area contributed by atoms with Gasteiger partial charge in [0, 0.05) is 24.5 Å². The molecule has 1 N–H and O–H groups in total. The summed E-state index contributed by atoms with van der Waals surface area (Å²) in [5.74, 6) is 1.92. The molecule has 3 heterocycles. The minimum Gasteiger partial charge on any atom is -0.493 e. The molecule has 1 aliphatic carbocycles. The van der Waals surface area contributed by atoms with E-state index >= 15 is 0 Å². The molecule has 37 heavy (non-hydrogen) atoms. The Morgan fingerprint density at radius 3 is 2.54 bits per heavy atom. The average molecular weight is 514 g/mol. The molecule has 2 aromatic rings. The number of rotatable bonds is 6. The van der Waals surface area contributed by atoms with Crippen molar-refractivity contribution < 1.29 is 22.7 Å². The van der Waals surface area contributed by atoms with Crippen molar-refractivity contribution in [3.63, 3.8) is 0 Å². The van der Waals surface area contributed by atoms with Gasteiger partial charge in [0.1, 0.15) is 5.76 Å². The summed E-state index contributed by atoms with van der Waals surface area (Å²) in [6.45, 7) is 4.69. The predicted octanol–water partition coefficient (Wildman–Crippen LogP) is 5.91. The summed E-state index contributed by atoms with van der Waals surface area (Å²) in [4.78, 5) is 8.84. The lowest BCUT2D eigenvalue weighted by Crippen LogP contribution is -2.55. The van der Waals surface area contributed by atoms with Crippen LogP contribution >= 0.6 is 0 Å². The van der Waals surface area contributed by atoms with E-state index < -0.39 is 11.7 Å². The van der Waals surface area contributed by atoms with Crippen molar-refractivity contribution in [2.24, 2.45) is 5.92 Å². The van der Waals surface area contributed by atoms with Gasteiger partial charge in [-0.15, -0.1) is 0 Å². The van der Waals surface area contributed by atoms with E-state index in [9.17, 15) is 13.2 Å². The van der Waals surface area contributed by atoms with Crippen molar-refractivity contribution in [2.75, 3.05) is 19.7 Å². The third-order valence-electron chi connectivity index (χ3n) is 8.49. The number of hydrogen-bond donors (Lipinski definition) is 1. The molecule has 0 amide bonds. The van der Waals surface area contributed by atoms with E-state index in [1.807, 2.05) is 18.2 Å². The van der Waals surface area contributed by atoms with Gasteiger partial charge in [-0.1, -0.05) is 42.8 Å². The number of fused-ring (bicyclic) bond motifs is 2. The van der Waals surface area contributed by atoms with Crippen molar-refractivity contribution in [3.05, 3.63) is 77.3 Å². The summed E-state index contributed by atoms with van der Waals surface area (Å²) in [6, 6.07) is 16.2. The molecule has 4 atom stereocenters. The van der Waals surface area contributed by atoms with Crippen molar-refractivity contribution in [2.45, 2.75) is 69.2 Å². The van der Waals surface area contributed by atoms with Crippen LogP contribution in [0.25, 0.3) is 0 Å². The van der Waals surface area contributed by atoms with Crippen LogP contribution in [0.15, 0.2) is 66.2 Å². The van der Waals surface area contributed by atoms with Gasteiger partial charge in [0.2, 0.25) is 0 Å². The Bertz CT molecular complexity index is 1130. The first-order valence-corrected chi connectivity index (χ1v) is 13.5. The van der Waals surface area contributed by atoms with Crippen molar-refractivity contribution in [1.29, 1.82) is 0 Å². The second-order valence-electron chi connectivity index (χ2n) is 10.8. The van der Waals surface area contributed by atoms with Gasteiger partial charge in [0.25, 0.3) is 0 Å². The standard InChI is InChI=1S/C29H34F3N3O2/c1-19-25-18-36-27(26(25)20-8-3-2-4-9-20)28(33-22-11-7-15-34(17-22)23-12-6-13-23)35(19)37-24-14-5-10-21(16-24)29(30,31)32/h2-5,8-10,14,16,19,22-23,25-26,33H,6-7,11-13,15,17-18H2,1H3/t19?,22-,25?,26?/m1/s1. The third-order valence-corrected chi connectivity index (χ3v) is 8.49. The number of piperidine rings is 1. The van der Waals surface area contributed by atoms with Gasteiger partial charge in [-0.25, -0.2) is 0 Å². The third kappa shape index (κ3) is 4.76. The van der Waals surface area contributed by atoms with E-state index in [2.05, 4.69) is 29.3 Å². The lowest BCUT2D eigenvalue weighted by Gasteiger charge is -2.45. The van der Waals surface area contributed by atoms with Crippen molar-refractivity contribution in [3.8, 4) is 5.75 Å². The molecule has 0 spiro atoms. The second-order valence-corrected chi connectivity index (χ2v) is 10.8. The van der Waals surface area contributed by atoms with Crippen LogP contribution in [0.4, 0.5) is 13.2 Å². The lowest BCUT2D eigenvalue weighted by molar-refractivity contribution is -0.138. The van der Waals surface area contributed by atoms with Crippen molar-refractivity contribution >= 4 is 0 Å². The van der Waals surface area contributed by atoms with Crippen LogP contribution in [-0.2, 0) is 10.9 Å². The zero-order chi connectivity index (χ0) is 25.6. The lowest BCUT2D eigenvalue weighted by atomic mass is 9.80. The van der Waals surface area contributed by atoms with Crippen LogP contribution in [0.1, 0.15) is 56.1 Å². The number of nitrogens with zero attached hydrogens (tertiary/aromatic N) is 2. The van der Waals surface area contributed by atoms with E-state index in [1.54, 1.807) is 11.1 Å². The minimum absolute atomic E-state index is 0.0754. The summed E-state index contributed by atoms with van der Waals surface area (Å²) >= 11 is 0. The number of alkyl halides is 3. The topological polar surface area (TPSA) is 37.0 Å². The highest BCUT2D eigenvalue weighted by atomic mass is 19.4. The Kier molecular flexibility index (Phi) is 6.47. The molecule has 3 fully saturated rings. The summed E-state index contributed by atoms with van der Waals surface area (Å²) in [5, 5.41) is 5.52. The number of allylic oxidation sites excluding steroid dienone is 1. The van der Waals surface area contributed by atoms with Gasteiger partial charge in [-0.05, 0) is 62.9 Å². The van der Waals surface area contributed by atoms with E-state index in [4.69, 9.17) is 9.57 Å². The summed E-state index contributed by atoms with van der Waals surface area (Å²) in [7, 11) is 0. The molecule has 6 rings (SSSR count). The Morgan fingerprint density at radius 2 is 1.81 bits per heavy atom. The Morgan fingerprint density at radius 1 is 1.00 bits per heavy atom. The quantitative estimate of drug-likeness (QED) is 0.520. The monoisotopic (exact) mass is 513 g/mol. The Hall–Kier alpha value is -2.87. The molecule has 2 saturated heterocycles. The van der Waals surface area contributed by atoms with Crippen LogP contribution < -0.4 is 10.2 Å². The molecular formula is C29H34F3N3O2. The highest BCUT2D eigenvalue weighted by Crippen LogP contribution is 2.48. The molecule has 3 aliphatic heterocycles. The highest BCUT2D eigenvalue weighted by molar-refractivity contribution is 5.36. The van der Waals surface area contributed by atoms with Gasteiger partial charge in [0.05, 0.1) is 24.1 Å². The molecule has 4 aliphatic rings. The summed E-state index contributed by atoms with van der Waals surface area (Å²) in [6.07, 6.45) is 1.56. The first-order chi connectivity index (χ1) is 17.9. The van der Waals surface area contributed by atoms with Gasteiger partial charge >= 0.3 is 6.18 Å². The molecule has 5 nitrogen and oxygen atoms in total. The van der Waals surface area contributed by atoms with Crippen LogP contribution in [0, 0.1) is 5.92 Å². The van der Waals surface area contributed by atoms with Gasteiger partial charge in [-0.2, -0.15) is 18.2 Å². The fourth-order valence-electron chi connectivity index (χ4n) is 6.25. The molecule has 3 unspecified atom stereocenters. The molecular weight excluding hydrogens is 479 g/mol. The number of benzene rings is 2. The SMILES string of the molecule is CC1C2COC(=C(N[C@@H]3CCCN(C4CCC4)C3)N1Oc1cccc(C(F)(F)F)c1)C2c1ccccc1. The van der Waals surface area contributed by atoms with Crippen LogP contribution in [0.2, 0.25) is 0 Å². The molecule has 8 heteroatoms. The number of nitrogens with one attached hydrogen (secondary N) is 1. The maximum absolute atomic E-state index is 13.4. The zero-order valence-corrected chi connectivity index (χ0v) is 21.1. The number of hydrogen-bond acceptors (Lipinski definition) is 5. The van der Waals surface area contributed by atoms with Gasteiger partial charge in [-0.3, -0.25) is 4.90 Å². The smallest absolute Gasteiger partial charge is 0.416 e. The van der Waals surface area contributed by atoms with Gasteiger partial charge < -0.3 is 14.9 Å². The molecule has 2 aromatic carbocycles. The number of likely N-dealkylation sites (tertiary alicyclic amines) is 1. The summed E-state index contributed by atoms with van der Waals surface area (Å²) in [5.41, 5.74) is 0.464. The fourth-order valence-corrected chi connectivity index (χ4v) is 6.25. The van der Waals surface area contributed by atoms with Crippen LogP contribution in [0.3, 0.4) is 0 Å². The second kappa shape index (κ2) is 9.78. The first-order valence-electron chi connectivity index (χ1n) is 13.5. The maximum atomic E-state index is 13.4. The molecule has 0 aromatic heterocycles. The average Bonchev–Trinajstić information content (AvgIpc) is 3.25. The first kappa shape index (κ1) is 24.5. The molecule has 2 bridgehead atoms. The van der Waals surface area contributed by atoms with E-state index in [0.29, 0.717) is 12.6 Å². The number of halogens is 3. The van der Waals surface area contributed by atoms with Crippen LogP contribution in [-0.4, -0.2) is 47.8 Å². The zero-order valence-electron chi connectivity index (χ0n) is 21.1. The molecule has 198 valence electrons. The largest absolute Gasteiger partial charge is 0.493 e. The van der Waals surface area contributed by atoms with Gasteiger partial charge in [0.15, 0.2) is 11.6 Å². The van der Waals surface area contributed by atoms with Crippen molar-refractivity contribution in [1.82, 2.24) is 15.3 Å². The molecule has 1 saturated carbocycles.